The second-order valence-corrected chi connectivity index (χ2v) is 10.8. The molecule has 2 aromatic carbocycles. The molecule has 2 aromatic heterocycles. The lowest BCUT2D eigenvalue weighted by atomic mass is 9.87. The summed E-state index contributed by atoms with van der Waals surface area (Å²) in [5.74, 6) is 2.04. The topological polar surface area (TPSA) is 107 Å². The zero-order chi connectivity index (χ0) is 28.3. The smallest absolute Gasteiger partial charge is 0.293 e. The van der Waals surface area contributed by atoms with E-state index in [1.54, 1.807) is 18.3 Å². The largest absolute Gasteiger partial charge is 0.494 e. The summed E-state index contributed by atoms with van der Waals surface area (Å²) in [5, 5.41) is 7.05. The van der Waals surface area contributed by atoms with Crippen molar-refractivity contribution in [3.05, 3.63) is 101 Å². The molecule has 1 atom stereocenters. The number of pyridine rings is 1. The molecule has 0 saturated heterocycles. The van der Waals surface area contributed by atoms with Gasteiger partial charge >= 0.3 is 0 Å². The van der Waals surface area contributed by atoms with Crippen LogP contribution in [0.15, 0.2) is 71.5 Å². The molecule has 9 nitrogen and oxygen atoms in total. The van der Waals surface area contributed by atoms with E-state index in [2.05, 4.69) is 29.3 Å². The summed E-state index contributed by atoms with van der Waals surface area (Å²) in [6, 6.07) is 16.8. The third-order valence-electron chi connectivity index (χ3n) is 7.25. The number of carbonyl (C=O) groups is 2. The lowest BCUT2D eigenvalue weighted by Gasteiger charge is -2.37. The number of carbonyl (C=O) groups excluding carboxylic acids is 2. The molecule has 1 unspecified atom stereocenters. The number of nitrogens with zero attached hydrogens (tertiary/aromatic N) is 3. The van der Waals surface area contributed by atoms with E-state index in [1.807, 2.05) is 47.4 Å². The van der Waals surface area contributed by atoms with Crippen LogP contribution >= 0.6 is 0 Å². The van der Waals surface area contributed by atoms with Crippen molar-refractivity contribution in [2.24, 2.45) is 5.92 Å². The molecular formula is C32H32N4O5. The number of nitrogens with one attached hydrogen (secondary N) is 1. The maximum Gasteiger partial charge on any atom is 0.293 e. The van der Waals surface area contributed by atoms with Gasteiger partial charge in [0, 0.05) is 25.4 Å². The average molecular weight is 553 g/mol. The van der Waals surface area contributed by atoms with E-state index in [9.17, 15) is 9.59 Å². The lowest BCUT2D eigenvalue weighted by Crippen LogP contribution is -2.40. The Labute approximate surface area is 238 Å². The van der Waals surface area contributed by atoms with Gasteiger partial charge in [0.25, 0.3) is 11.8 Å². The van der Waals surface area contributed by atoms with Crippen LogP contribution in [0.25, 0.3) is 0 Å². The van der Waals surface area contributed by atoms with Gasteiger partial charge in [-0.15, -0.1) is 0 Å². The summed E-state index contributed by atoms with van der Waals surface area (Å²) >= 11 is 0. The SMILES string of the molecule is CC(C)Cc1cc(C(=O)N2CCc3cc4ccc3C2c2cccc(c2)OCCCNC(=O)c2cncc(c2)O4)on1. The Morgan fingerprint density at radius 3 is 2.85 bits per heavy atom. The maximum absolute atomic E-state index is 13.9. The summed E-state index contributed by atoms with van der Waals surface area (Å²) in [6.07, 6.45) is 5.11. The first-order valence-electron chi connectivity index (χ1n) is 14.0. The second-order valence-electron chi connectivity index (χ2n) is 10.8. The van der Waals surface area contributed by atoms with Crippen molar-refractivity contribution in [2.75, 3.05) is 19.7 Å². The van der Waals surface area contributed by atoms with E-state index < -0.39 is 0 Å². The van der Waals surface area contributed by atoms with Crippen LogP contribution in [0.4, 0.5) is 0 Å². The van der Waals surface area contributed by atoms with Crippen molar-refractivity contribution in [1.29, 1.82) is 0 Å². The van der Waals surface area contributed by atoms with Gasteiger partial charge in [0.15, 0.2) is 0 Å². The minimum atomic E-state index is -0.356. The number of rotatable bonds is 3. The van der Waals surface area contributed by atoms with Crippen molar-refractivity contribution in [3.63, 3.8) is 0 Å². The number of fused-ring (bicyclic) bond motifs is 6. The molecule has 2 amide bonds. The van der Waals surface area contributed by atoms with E-state index in [4.69, 9.17) is 14.0 Å². The molecule has 3 aliphatic heterocycles. The monoisotopic (exact) mass is 552 g/mol. The van der Waals surface area contributed by atoms with Gasteiger partial charge in [-0.05, 0) is 72.2 Å². The fourth-order valence-corrected chi connectivity index (χ4v) is 5.39. The number of ether oxygens (including phenoxy) is 2. The predicted octanol–water partition coefficient (Wildman–Crippen LogP) is 5.36. The minimum absolute atomic E-state index is 0.199. The van der Waals surface area contributed by atoms with Gasteiger partial charge in [0.2, 0.25) is 5.76 Å². The Balaban J connectivity index is 1.39. The van der Waals surface area contributed by atoms with Gasteiger partial charge in [-0.25, -0.2) is 0 Å². The molecule has 0 saturated carbocycles. The molecule has 0 spiro atoms. The normalized spacial score (nSPS) is 16.8. The third kappa shape index (κ3) is 5.79. The van der Waals surface area contributed by atoms with Crippen LogP contribution in [0.3, 0.4) is 0 Å². The number of aromatic nitrogens is 2. The summed E-state index contributed by atoms with van der Waals surface area (Å²) in [4.78, 5) is 32.5. The van der Waals surface area contributed by atoms with Gasteiger partial charge in [-0.2, -0.15) is 0 Å². The molecule has 4 aromatic rings. The maximum atomic E-state index is 13.9. The van der Waals surface area contributed by atoms with Crippen LogP contribution < -0.4 is 14.8 Å². The van der Waals surface area contributed by atoms with Gasteiger partial charge in [-0.3, -0.25) is 14.6 Å². The molecule has 1 N–H and O–H groups in total. The molecule has 0 radical (unpaired) electrons. The number of benzene rings is 2. The molecule has 210 valence electrons. The highest BCUT2D eigenvalue weighted by molar-refractivity contribution is 5.94. The van der Waals surface area contributed by atoms with E-state index in [-0.39, 0.29) is 23.6 Å². The number of hydrogen-bond acceptors (Lipinski definition) is 7. The van der Waals surface area contributed by atoms with Crippen molar-refractivity contribution in [2.45, 2.75) is 39.2 Å². The highest BCUT2D eigenvalue weighted by Crippen LogP contribution is 2.39. The Kier molecular flexibility index (Phi) is 7.41. The Bertz CT molecular complexity index is 1580. The van der Waals surface area contributed by atoms with Crippen LogP contribution in [0.2, 0.25) is 0 Å². The summed E-state index contributed by atoms with van der Waals surface area (Å²) < 4.78 is 17.7. The van der Waals surface area contributed by atoms with Crippen LogP contribution in [-0.2, 0) is 12.8 Å². The number of amides is 2. The first-order valence-corrected chi connectivity index (χ1v) is 14.0. The molecule has 0 aliphatic carbocycles. The van der Waals surface area contributed by atoms with Crippen molar-refractivity contribution < 1.29 is 23.6 Å². The first-order chi connectivity index (χ1) is 19.9. The van der Waals surface area contributed by atoms with Crippen molar-refractivity contribution in [1.82, 2.24) is 20.4 Å². The summed E-state index contributed by atoms with van der Waals surface area (Å²) in [6.45, 7) is 5.58. The van der Waals surface area contributed by atoms with Crippen LogP contribution in [0, 0.1) is 5.92 Å². The van der Waals surface area contributed by atoms with E-state index >= 15 is 0 Å². The van der Waals surface area contributed by atoms with Gasteiger partial charge in [-0.1, -0.05) is 37.2 Å². The zero-order valence-corrected chi connectivity index (χ0v) is 23.1. The Morgan fingerprint density at radius 1 is 1.07 bits per heavy atom. The fourth-order valence-electron chi connectivity index (χ4n) is 5.39. The first kappa shape index (κ1) is 26.6. The molecule has 41 heavy (non-hydrogen) atoms. The zero-order valence-electron chi connectivity index (χ0n) is 23.1. The van der Waals surface area contributed by atoms with Gasteiger partial charge < -0.3 is 24.2 Å². The second kappa shape index (κ2) is 11.4. The summed E-state index contributed by atoms with van der Waals surface area (Å²) in [7, 11) is 0. The fraction of sp³-hybridized carbons (Fsp3) is 0.312. The van der Waals surface area contributed by atoms with E-state index in [0.717, 1.165) is 28.8 Å². The van der Waals surface area contributed by atoms with Crippen molar-refractivity contribution >= 4 is 11.8 Å². The summed E-state index contributed by atoms with van der Waals surface area (Å²) in [5.41, 5.74) is 4.21. The molecule has 3 aliphatic rings. The Morgan fingerprint density at radius 2 is 1.98 bits per heavy atom. The van der Waals surface area contributed by atoms with Crippen molar-refractivity contribution in [3.8, 4) is 17.2 Å². The highest BCUT2D eigenvalue weighted by Gasteiger charge is 2.35. The molecular weight excluding hydrogens is 520 g/mol. The average Bonchev–Trinajstić information content (AvgIpc) is 3.43. The van der Waals surface area contributed by atoms with Crippen LogP contribution in [0.1, 0.15) is 69.6 Å². The van der Waals surface area contributed by atoms with Crippen LogP contribution in [-0.4, -0.2) is 46.6 Å². The predicted molar refractivity (Wildman–Crippen MR) is 151 cm³/mol. The van der Waals surface area contributed by atoms with Gasteiger partial charge in [0.05, 0.1) is 30.1 Å². The lowest BCUT2D eigenvalue weighted by molar-refractivity contribution is 0.0651. The standard InChI is InChI=1S/C32H32N4O5/c1-20(2)13-24-17-29(41-35-24)32(38)36-11-9-21-14-26-7-8-28(21)30(36)22-5-3-6-25(15-22)39-12-4-10-34-31(37)23-16-27(40-26)19-33-18-23/h3,5-8,14-20,30H,4,9-13H2,1-2H3,(H,34,37). The van der Waals surface area contributed by atoms with E-state index in [1.165, 1.54) is 6.20 Å². The highest BCUT2D eigenvalue weighted by atomic mass is 16.5. The number of hydrogen-bond donors (Lipinski definition) is 1. The molecule has 0 fully saturated rings. The molecule has 5 heterocycles. The van der Waals surface area contributed by atoms with Crippen LogP contribution in [0.5, 0.6) is 17.2 Å². The minimum Gasteiger partial charge on any atom is -0.494 e. The Hall–Kier alpha value is -4.66. The third-order valence-corrected chi connectivity index (χ3v) is 7.25. The molecule has 8 bridgehead atoms. The van der Waals surface area contributed by atoms with E-state index in [0.29, 0.717) is 61.3 Å². The molecule has 9 heteroatoms. The quantitative estimate of drug-likeness (QED) is 0.365. The molecule has 7 rings (SSSR count). The van der Waals surface area contributed by atoms with Gasteiger partial charge in [0.1, 0.15) is 17.2 Å².